The van der Waals surface area contributed by atoms with E-state index in [0.717, 1.165) is 33.5 Å². The fourth-order valence-electron chi connectivity index (χ4n) is 4.09. The Labute approximate surface area is 180 Å². The van der Waals surface area contributed by atoms with Gasteiger partial charge in [-0.1, -0.05) is 0 Å². The summed E-state index contributed by atoms with van der Waals surface area (Å²) in [6, 6.07) is 11.2. The molecule has 2 heterocycles. The predicted octanol–water partition coefficient (Wildman–Crippen LogP) is 4.22. The van der Waals surface area contributed by atoms with Crippen LogP contribution < -0.4 is 15.4 Å². The summed E-state index contributed by atoms with van der Waals surface area (Å²) in [5, 5.41) is 0.788. The molecule has 0 unspecified atom stereocenters. The number of benzene rings is 2. The van der Waals surface area contributed by atoms with Crippen molar-refractivity contribution in [3.63, 3.8) is 0 Å². The van der Waals surface area contributed by atoms with Gasteiger partial charge in [0.05, 0.1) is 11.2 Å². The van der Waals surface area contributed by atoms with E-state index >= 15 is 0 Å². The summed E-state index contributed by atoms with van der Waals surface area (Å²) in [5.74, 6) is -0.816. The molecule has 0 bridgehead atoms. The Bertz CT molecular complexity index is 1240. The van der Waals surface area contributed by atoms with Gasteiger partial charge in [-0.05, 0) is 66.9 Å². The van der Waals surface area contributed by atoms with E-state index in [1.165, 1.54) is 17.0 Å². The minimum atomic E-state index is -4.83. The molecule has 7 nitrogen and oxygen atoms in total. The monoisotopic (exact) mass is 442 g/mol. The number of aromatic nitrogens is 1. The quantitative estimate of drug-likeness (QED) is 0.483. The van der Waals surface area contributed by atoms with Crippen molar-refractivity contribution in [3.05, 3.63) is 60.3 Å². The van der Waals surface area contributed by atoms with E-state index < -0.39 is 23.7 Å². The summed E-state index contributed by atoms with van der Waals surface area (Å²) < 4.78 is 41.1. The number of alkyl halides is 3. The molecule has 2 N–H and O–H groups in total. The minimum absolute atomic E-state index is 0.179. The number of nitrogen functional groups attached to an aromatic ring is 1. The summed E-state index contributed by atoms with van der Waals surface area (Å²) >= 11 is 0. The highest BCUT2D eigenvalue weighted by atomic mass is 19.4. The van der Waals surface area contributed by atoms with Crippen LogP contribution in [0.25, 0.3) is 10.9 Å². The van der Waals surface area contributed by atoms with Crippen LogP contribution in [0, 0.1) is 0 Å². The lowest BCUT2D eigenvalue weighted by Crippen LogP contribution is -2.36. The standard InChI is InChI=1S/C22H17F3N4O3/c23-22(24,25)32-16-4-2-15(3-5-16)29-19(30)21(8-9-21)28(20(29)31)12-13-7-10-27-18-6-1-14(26)11-17(13)18/h1-7,10-11H,8-9,12,26H2. The molecule has 0 radical (unpaired) electrons. The number of hydrogen-bond donors (Lipinski definition) is 1. The molecule has 10 heteroatoms. The number of nitrogens with zero attached hydrogens (tertiary/aromatic N) is 3. The van der Waals surface area contributed by atoms with Crippen molar-refractivity contribution in [2.45, 2.75) is 31.3 Å². The normalized spacial score (nSPS) is 17.5. The van der Waals surface area contributed by atoms with Crippen LogP contribution in [0.15, 0.2) is 54.7 Å². The van der Waals surface area contributed by atoms with Crippen LogP contribution in [-0.4, -0.2) is 33.7 Å². The molecule has 1 aliphatic heterocycles. The second kappa shape index (κ2) is 6.84. The van der Waals surface area contributed by atoms with Gasteiger partial charge in [0.2, 0.25) is 0 Å². The zero-order valence-corrected chi connectivity index (χ0v) is 16.6. The molecule has 1 spiro atoms. The number of carbonyl (C=O) groups excluding carboxylic acids is 2. The molecule has 0 atom stereocenters. The third-order valence-corrected chi connectivity index (χ3v) is 5.78. The SMILES string of the molecule is Nc1ccc2nccc(CN3C(=O)N(c4ccc(OC(F)(F)F)cc4)C(=O)C34CC4)c2c1. The van der Waals surface area contributed by atoms with Crippen LogP contribution in [0.3, 0.4) is 0 Å². The van der Waals surface area contributed by atoms with E-state index in [1.54, 1.807) is 30.5 Å². The highest BCUT2D eigenvalue weighted by molar-refractivity contribution is 6.24. The van der Waals surface area contributed by atoms with Gasteiger partial charge in [-0.15, -0.1) is 13.2 Å². The smallest absolute Gasteiger partial charge is 0.406 e. The molecule has 2 aromatic carbocycles. The van der Waals surface area contributed by atoms with Crippen molar-refractivity contribution in [3.8, 4) is 5.75 Å². The molecular weight excluding hydrogens is 425 g/mol. The maximum absolute atomic E-state index is 13.3. The van der Waals surface area contributed by atoms with E-state index in [9.17, 15) is 22.8 Å². The van der Waals surface area contributed by atoms with Crippen LogP contribution in [0.4, 0.5) is 29.3 Å². The van der Waals surface area contributed by atoms with E-state index in [4.69, 9.17) is 5.73 Å². The summed E-state index contributed by atoms with van der Waals surface area (Å²) in [5.41, 5.74) is 7.23. The molecule has 1 saturated heterocycles. The zero-order chi connectivity index (χ0) is 22.7. The third kappa shape index (κ3) is 3.28. The fraction of sp³-hybridized carbons (Fsp3) is 0.227. The van der Waals surface area contributed by atoms with Gasteiger partial charge < -0.3 is 15.4 Å². The number of ether oxygens (including phenoxy) is 1. The topological polar surface area (TPSA) is 88.8 Å². The molecule has 164 valence electrons. The number of anilines is 2. The first-order chi connectivity index (χ1) is 15.2. The van der Waals surface area contributed by atoms with E-state index in [0.29, 0.717) is 18.5 Å². The molecule has 2 fully saturated rings. The van der Waals surface area contributed by atoms with Gasteiger partial charge in [0.15, 0.2) is 0 Å². The summed E-state index contributed by atoms with van der Waals surface area (Å²) in [6.45, 7) is 0.179. The Morgan fingerprint density at radius 3 is 2.44 bits per heavy atom. The molecule has 1 aliphatic carbocycles. The average Bonchev–Trinajstić information content (AvgIpc) is 3.50. The average molecular weight is 442 g/mol. The van der Waals surface area contributed by atoms with Gasteiger partial charge in [-0.3, -0.25) is 9.78 Å². The van der Waals surface area contributed by atoms with Gasteiger partial charge in [0.1, 0.15) is 11.3 Å². The Morgan fingerprint density at radius 1 is 1.06 bits per heavy atom. The van der Waals surface area contributed by atoms with Gasteiger partial charge >= 0.3 is 12.4 Å². The van der Waals surface area contributed by atoms with Crippen LogP contribution in [-0.2, 0) is 11.3 Å². The molecule has 3 amide bonds. The van der Waals surface area contributed by atoms with Crippen molar-refractivity contribution >= 4 is 34.2 Å². The first kappa shape index (κ1) is 20.1. The van der Waals surface area contributed by atoms with Gasteiger partial charge in [-0.2, -0.15) is 0 Å². The Hall–Kier alpha value is -3.82. The molecule has 1 aromatic heterocycles. The number of imide groups is 1. The summed E-state index contributed by atoms with van der Waals surface area (Å²) in [7, 11) is 0. The van der Waals surface area contributed by atoms with E-state index in [2.05, 4.69) is 9.72 Å². The lowest BCUT2D eigenvalue weighted by atomic mass is 10.1. The molecular formula is C22H17F3N4O3. The first-order valence-corrected chi connectivity index (χ1v) is 9.83. The minimum Gasteiger partial charge on any atom is -0.406 e. The van der Waals surface area contributed by atoms with Gasteiger partial charge in [0.25, 0.3) is 5.91 Å². The highest BCUT2D eigenvalue weighted by Crippen LogP contribution is 2.50. The largest absolute Gasteiger partial charge is 0.573 e. The van der Waals surface area contributed by atoms with Crippen molar-refractivity contribution in [1.29, 1.82) is 0 Å². The Kier molecular flexibility index (Phi) is 4.30. The van der Waals surface area contributed by atoms with E-state index in [-0.39, 0.29) is 18.1 Å². The lowest BCUT2D eigenvalue weighted by molar-refractivity contribution is -0.274. The highest BCUT2D eigenvalue weighted by Gasteiger charge is 2.65. The zero-order valence-electron chi connectivity index (χ0n) is 16.6. The van der Waals surface area contributed by atoms with Crippen LogP contribution >= 0.6 is 0 Å². The number of carbonyl (C=O) groups is 2. The number of halogens is 3. The second-order valence-corrected chi connectivity index (χ2v) is 7.83. The number of nitrogens with two attached hydrogens (primary N) is 1. The van der Waals surface area contributed by atoms with Crippen LogP contribution in [0.1, 0.15) is 18.4 Å². The Morgan fingerprint density at radius 2 is 1.78 bits per heavy atom. The van der Waals surface area contributed by atoms with Gasteiger partial charge in [0, 0.05) is 23.8 Å². The van der Waals surface area contributed by atoms with Crippen molar-refractivity contribution in [2.24, 2.45) is 0 Å². The number of hydrogen-bond acceptors (Lipinski definition) is 5. The second-order valence-electron chi connectivity index (χ2n) is 7.83. The number of amides is 3. The predicted molar refractivity (Wildman–Crippen MR) is 110 cm³/mol. The Balaban J connectivity index is 1.46. The summed E-state index contributed by atoms with van der Waals surface area (Å²) in [4.78, 5) is 33.3. The maximum atomic E-state index is 13.3. The van der Waals surface area contributed by atoms with Crippen molar-refractivity contribution < 1.29 is 27.5 Å². The number of urea groups is 1. The lowest BCUT2D eigenvalue weighted by Gasteiger charge is -2.22. The third-order valence-electron chi connectivity index (χ3n) is 5.78. The van der Waals surface area contributed by atoms with Crippen LogP contribution in [0.5, 0.6) is 5.75 Å². The van der Waals surface area contributed by atoms with Gasteiger partial charge in [-0.25, -0.2) is 9.69 Å². The fourth-order valence-corrected chi connectivity index (χ4v) is 4.09. The number of fused-ring (bicyclic) bond motifs is 1. The first-order valence-electron chi connectivity index (χ1n) is 9.83. The van der Waals surface area contributed by atoms with Crippen molar-refractivity contribution in [2.75, 3.05) is 10.6 Å². The van der Waals surface area contributed by atoms with E-state index in [1.807, 2.05) is 0 Å². The maximum Gasteiger partial charge on any atom is 0.573 e. The number of pyridine rings is 1. The summed E-state index contributed by atoms with van der Waals surface area (Å²) in [6.07, 6.45) is -2.15. The molecule has 5 rings (SSSR count). The van der Waals surface area contributed by atoms with Crippen molar-refractivity contribution in [1.82, 2.24) is 9.88 Å². The molecule has 2 aliphatic rings. The molecule has 1 saturated carbocycles. The molecule has 3 aromatic rings. The van der Waals surface area contributed by atoms with Crippen LogP contribution in [0.2, 0.25) is 0 Å². The number of rotatable bonds is 4. The molecule has 32 heavy (non-hydrogen) atoms.